The Morgan fingerprint density at radius 2 is 1.85 bits per heavy atom. The second-order valence-electron chi connectivity index (χ2n) is 9.26. The van der Waals surface area contributed by atoms with E-state index >= 15 is 0 Å². The van der Waals surface area contributed by atoms with Gasteiger partial charge in [0.1, 0.15) is 5.58 Å². The molecule has 0 saturated heterocycles. The Labute approximate surface area is 201 Å². The summed E-state index contributed by atoms with van der Waals surface area (Å²) in [6, 6.07) is 5.68. The molecule has 0 radical (unpaired) electrons. The number of hydrogen-bond donors (Lipinski definition) is 1. The summed E-state index contributed by atoms with van der Waals surface area (Å²) in [5, 5.41) is 0.956. The van der Waals surface area contributed by atoms with E-state index in [1.807, 2.05) is 13.0 Å². The topological polar surface area (TPSA) is 63.9 Å². The van der Waals surface area contributed by atoms with Crippen LogP contribution in [0.25, 0.3) is 16.5 Å². The summed E-state index contributed by atoms with van der Waals surface area (Å²) in [7, 11) is 0. The van der Waals surface area contributed by atoms with E-state index in [9.17, 15) is 4.79 Å². The van der Waals surface area contributed by atoms with E-state index in [0.717, 1.165) is 41.7 Å². The van der Waals surface area contributed by atoms with Gasteiger partial charge < -0.3 is 9.32 Å². The summed E-state index contributed by atoms with van der Waals surface area (Å²) in [5.74, 6) is 0.647. The lowest BCUT2D eigenvalue weighted by Crippen LogP contribution is -2.45. The molecule has 2 heterocycles. The molecule has 6 nitrogen and oxygen atoms in total. The molecule has 0 atom stereocenters. The molecule has 1 aromatic carbocycles. The molecule has 0 spiro atoms. The van der Waals surface area contributed by atoms with Crippen LogP contribution in [0.15, 0.2) is 33.5 Å². The Balaban J connectivity index is 1.63. The van der Waals surface area contributed by atoms with E-state index in [2.05, 4.69) is 50.2 Å². The van der Waals surface area contributed by atoms with Gasteiger partial charge in [0, 0.05) is 59.7 Å². The zero-order valence-corrected chi connectivity index (χ0v) is 21.5. The predicted molar refractivity (Wildman–Crippen MR) is 138 cm³/mol. The normalized spacial score (nSPS) is 15.1. The number of anilines is 1. The van der Waals surface area contributed by atoms with Gasteiger partial charge in [-0.1, -0.05) is 45.1 Å². The first-order valence-corrected chi connectivity index (χ1v) is 13.0. The third-order valence-electron chi connectivity index (χ3n) is 6.23. The standard InChI is InChI=1S/C26H38N2O4S/c1-6-8-9-10-11-12-13-27-31-32-33-18-20-17-26(4,5)28(7-2)23-16-24-21(15-22(20)23)19(3)14-25(29)30-24/h14-17,27H,6-13,18H2,1-5H3. The van der Waals surface area contributed by atoms with Gasteiger partial charge in [-0.2, -0.15) is 5.48 Å². The molecule has 0 fully saturated rings. The molecule has 0 unspecified atom stereocenters. The molecule has 0 bridgehead atoms. The van der Waals surface area contributed by atoms with E-state index in [0.29, 0.717) is 11.3 Å². The predicted octanol–water partition coefficient (Wildman–Crippen LogP) is 6.56. The fourth-order valence-corrected chi connectivity index (χ4v) is 5.09. The molecule has 1 aliphatic heterocycles. The summed E-state index contributed by atoms with van der Waals surface area (Å²) in [6.07, 6.45) is 9.77. The Kier molecular flexibility index (Phi) is 9.44. The quantitative estimate of drug-likeness (QED) is 0.116. The zero-order valence-electron chi connectivity index (χ0n) is 20.7. The SMILES string of the molecule is CCCCCCCCNOOSCC1=CC(C)(C)N(CC)c2cc3oc(=O)cc(C)c3cc21. The number of likely N-dealkylation sites (N-methyl/N-ethyl adjacent to an activating group) is 1. The van der Waals surface area contributed by atoms with Crippen LogP contribution in [0.5, 0.6) is 0 Å². The van der Waals surface area contributed by atoms with Gasteiger partial charge >= 0.3 is 5.63 Å². The van der Waals surface area contributed by atoms with Crippen molar-refractivity contribution in [1.82, 2.24) is 5.48 Å². The van der Waals surface area contributed by atoms with E-state index in [1.165, 1.54) is 49.7 Å². The zero-order chi connectivity index (χ0) is 23.8. The van der Waals surface area contributed by atoms with E-state index in [-0.39, 0.29) is 11.2 Å². The number of nitrogens with zero attached hydrogens (tertiary/aromatic N) is 1. The molecule has 1 aliphatic rings. The lowest BCUT2D eigenvalue weighted by atomic mass is 9.87. The van der Waals surface area contributed by atoms with Crippen molar-refractivity contribution in [2.75, 3.05) is 23.7 Å². The Morgan fingerprint density at radius 1 is 1.09 bits per heavy atom. The molecule has 33 heavy (non-hydrogen) atoms. The minimum absolute atomic E-state index is 0.174. The summed E-state index contributed by atoms with van der Waals surface area (Å²) in [6.45, 7) is 12.3. The number of benzene rings is 1. The number of aryl methyl sites for hydroxylation is 1. The number of fused-ring (bicyclic) bond motifs is 2. The molecule has 0 amide bonds. The molecule has 2 aromatic rings. The highest BCUT2D eigenvalue weighted by Crippen LogP contribution is 2.42. The average molecular weight is 475 g/mol. The van der Waals surface area contributed by atoms with Gasteiger partial charge in [-0.05, 0) is 51.3 Å². The van der Waals surface area contributed by atoms with Crippen molar-refractivity contribution in [3.05, 3.63) is 45.8 Å². The van der Waals surface area contributed by atoms with Crippen molar-refractivity contribution >= 4 is 34.3 Å². The van der Waals surface area contributed by atoms with Gasteiger partial charge in [0.25, 0.3) is 0 Å². The van der Waals surface area contributed by atoms with Crippen molar-refractivity contribution in [2.45, 2.75) is 78.7 Å². The van der Waals surface area contributed by atoms with Crippen LogP contribution in [-0.4, -0.2) is 24.4 Å². The minimum Gasteiger partial charge on any atom is -0.423 e. The fraction of sp³-hybridized carbons (Fsp3) is 0.577. The van der Waals surface area contributed by atoms with Crippen LogP contribution in [0.4, 0.5) is 5.69 Å². The molecule has 1 aromatic heterocycles. The van der Waals surface area contributed by atoms with Crippen LogP contribution in [0.1, 0.15) is 77.3 Å². The second kappa shape index (κ2) is 12.1. The summed E-state index contributed by atoms with van der Waals surface area (Å²) in [4.78, 5) is 19.4. The maximum Gasteiger partial charge on any atom is 0.336 e. The highest BCUT2D eigenvalue weighted by atomic mass is 32.2. The maximum absolute atomic E-state index is 11.9. The van der Waals surface area contributed by atoms with Crippen LogP contribution >= 0.6 is 12.0 Å². The second-order valence-corrected chi connectivity index (χ2v) is 9.92. The van der Waals surface area contributed by atoms with Crippen molar-refractivity contribution in [3.8, 4) is 0 Å². The molecule has 0 saturated carbocycles. The van der Waals surface area contributed by atoms with Crippen LogP contribution < -0.4 is 16.0 Å². The summed E-state index contributed by atoms with van der Waals surface area (Å²) < 4.78 is 10.9. The van der Waals surface area contributed by atoms with Gasteiger partial charge in [0.15, 0.2) is 0 Å². The summed E-state index contributed by atoms with van der Waals surface area (Å²) >= 11 is 1.27. The number of hydroxylamine groups is 1. The van der Waals surface area contributed by atoms with Crippen molar-refractivity contribution < 1.29 is 13.7 Å². The molecular formula is C26H38N2O4S. The van der Waals surface area contributed by atoms with Gasteiger partial charge in [0.2, 0.25) is 0 Å². The Bertz CT molecular complexity index is 1020. The number of unbranched alkanes of at least 4 members (excludes halogenated alkanes) is 5. The van der Waals surface area contributed by atoms with Crippen LogP contribution in [0.3, 0.4) is 0 Å². The molecule has 182 valence electrons. The fourth-order valence-electron chi connectivity index (χ4n) is 4.58. The monoisotopic (exact) mass is 474 g/mol. The van der Waals surface area contributed by atoms with Crippen molar-refractivity contribution in [2.24, 2.45) is 0 Å². The number of hydrogen-bond acceptors (Lipinski definition) is 7. The van der Waals surface area contributed by atoms with Crippen LogP contribution in [0, 0.1) is 6.92 Å². The minimum atomic E-state index is -0.316. The highest BCUT2D eigenvalue weighted by molar-refractivity contribution is 7.95. The first-order valence-electron chi connectivity index (χ1n) is 12.1. The van der Waals surface area contributed by atoms with E-state index < -0.39 is 0 Å². The Morgan fingerprint density at radius 3 is 2.61 bits per heavy atom. The lowest BCUT2D eigenvalue weighted by molar-refractivity contribution is -0.244. The first kappa shape index (κ1) is 25.8. The van der Waals surface area contributed by atoms with Crippen LogP contribution in [-0.2, 0) is 9.32 Å². The third-order valence-corrected chi connectivity index (χ3v) is 6.82. The van der Waals surface area contributed by atoms with Crippen molar-refractivity contribution in [1.29, 1.82) is 0 Å². The highest BCUT2D eigenvalue weighted by Gasteiger charge is 2.32. The van der Waals surface area contributed by atoms with Crippen molar-refractivity contribution in [3.63, 3.8) is 0 Å². The maximum atomic E-state index is 11.9. The van der Waals surface area contributed by atoms with Crippen LogP contribution in [0.2, 0.25) is 0 Å². The van der Waals surface area contributed by atoms with E-state index in [4.69, 9.17) is 13.7 Å². The molecule has 7 heteroatoms. The van der Waals surface area contributed by atoms with Gasteiger partial charge in [-0.15, -0.1) is 9.32 Å². The van der Waals surface area contributed by atoms with Gasteiger partial charge in [-0.3, -0.25) is 0 Å². The number of rotatable bonds is 13. The third kappa shape index (κ3) is 6.63. The van der Waals surface area contributed by atoms with Gasteiger partial charge in [-0.25, -0.2) is 4.79 Å². The number of nitrogens with one attached hydrogen (secondary N) is 1. The van der Waals surface area contributed by atoms with E-state index in [1.54, 1.807) is 6.07 Å². The molecule has 0 aliphatic carbocycles. The largest absolute Gasteiger partial charge is 0.423 e. The first-order chi connectivity index (χ1) is 15.9. The summed E-state index contributed by atoms with van der Waals surface area (Å²) in [5.41, 5.74) is 7.33. The Hall–Kier alpha value is -1.80. The molecular weight excluding hydrogens is 436 g/mol. The average Bonchev–Trinajstić information content (AvgIpc) is 2.76. The molecule has 3 rings (SSSR count). The smallest absolute Gasteiger partial charge is 0.336 e. The van der Waals surface area contributed by atoms with Gasteiger partial charge in [0.05, 0.1) is 5.54 Å². The molecule has 1 N–H and O–H groups in total. The lowest BCUT2D eigenvalue weighted by Gasteiger charge is -2.43.